The lowest BCUT2D eigenvalue weighted by atomic mass is 9.99. The number of likely N-dealkylation sites (N-methyl/N-ethyl adjacent to an activating group) is 1. The van der Waals surface area contributed by atoms with E-state index >= 15 is 0 Å². The Morgan fingerprint density at radius 3 is 2.52 bits per heavy atom. The van der Waals surface area contributed by atoms with Gasteiger partial charge in [0.2, 0.25) is 5.91 Å². The molecule has 0 aliphatic carbocycles. The lowest BCUT2D eigenvalue weighted by Gasteiger charge is -2.35. The van der Waals surface area contributed by atoms with Gasteiger partial charge < -0.3 is 10.4 Å². The summed E-state index contributed by atoms with van der Waals surface area (Å²) in [6, 6.07) is 14.6. The molecule has 1 amide bonds. The van der Waals surface area contributed by atoms with Crippen LogP contribution in [-0.2, 0) is 9.59 Å². The molecule has 0 radical (unpaired) electrons. The van der Waals surface area contributed by atoms with Gasteiger partial charge in [0.05, 0.1) is 19.1 Å². The Balaban J connectivity index is 0.00000300. The number of carbonyl (C=O) groups excluding carboxylic acids is 1. The maximum atomic E-state index is 12.6. The predicted octanol–water partition coefficient (Wildman–Crippen LogP) is 2.92. The number of halogens is 1. The fraction of sp³-hybridized carbons (Fsp3) is 0.455. The minimum atomic E-state index is -0.799. The number of rotatable bonds is 7. The van der Waals surface area contributed by atoms with E-state index in [1.54, 1.807) is 0 Å². The zero-order valence-electron chi connectivity index (χ0n) is 17.0. The molecular weight excluding hydrogens is 390 g/mol. The third-order valence-electron chi connectivity index (χ3n) is 5.60. The summed E-state index contributed by atoms with van der Waals surface area (Å²) < 4.78 is 0. The van der Waals surface area contributed by atoms with Crippen molar-refractivity contribution in [2.45, 2.75) is 31.8 Å². The highest BCUT2D eigenvalue weighted by molar-refractivity contribution is 5.87. The SMILES string of the molecule is CC(NC(=O)CN1CCC(N(C)CC(=O)O)CC1)c1cccc2ccccc12.Cl. The molecule has 1 heterocycles. The maximum absolute atomic E-state index is 12.6. The molecule has 0 bridgehead atoms. The highest BCUT2D eigenvalue weighted by atomic mass is 35.5. The smallest absolute Gasteiger partial charge is 0.317 e. The van der Waals surface area contributed by atoms with E-state index in [0.29, 0.717) is 6.54 Å². The molecule has 158 valence electrons. The minimum absolute atomic E-state index is 0. The Kier molecular flexibility index (Phi) is 8.44. The number of amides is 1. The Hall–Kier alpha value is -2.15. The monoisotopic (exact) mass is 419 g/mol. The second kappa shape index (κ2) is 10.6. The summed E-state index contributed by atoms with van der Waals surface area (Å²) in [4.78, 5) is 27.4. The molecule has 0 aromatic heterocycles. The number of piperidine rings is 1. The second-order valence-electron chi connectivity index (χ2n) is 7.67. The summed E-state index contributed by atoms with van der Waals surface area (Å²) in [5.41, 5.74) is 1.13. The zero-order chi connectivity index (χ0) is 20.1. The van der Waals surface area contributed by atoms with Crippen molar-refractivity contribution in [3.63, 3.8) is 0 Å². The summed E-state index contributed by atoms with van der Waals surface area (Å²) in [5.74, 6) is -0.774. The highest BCUT2D eigenvalue weighted by Crippen LogP contribution is 2.24. The average Bonchev–Trinajstić information content (AvgIpc) is 2.67. The Morgan fingerprint density at radius 1 is 1.17 bits per heavy atom. The molecule has 1 unspecified atom stereocenters. The number of carbonyl (C=O) groups is 2. The molecule has 2 aromatic carbocycles. The molecular formula is C22H30ClN3O3. The van der Waals surface area contributed by atoms with E-state index in [2.05, 4.69) is 34.5 Å². The number of nitrogens with one attached hydrogen (secondary N) is 1. The van der Waals surface area contributed by atoms with Crippen LogP contribution in [0.1, 0.15) is 31.4 Å². The highest BCUT2D eigenvalue weighted by Gasteiger charge is 2.25. The standard InChI is InChI=1S/C22H29N3O3.ClH/c1-16(19-9-5-7-17-6-3-4-8-20(17)19)23-21(26)14-25-12-10-18(11-13-25)24(2)15-22(27)28;/h3-9,16,18H,10-15H2,1-2H3,(H,23,26)(H,27,28);1H. The fourth-order valence-corrected chi connectivity index (χ4v) is 4.06. The normalized spacial score (nSPS) is 16.4. The summed E-state index contributed by atoms with van der Waals surface area (Å²) in [6.07, 6.45) is 1.77. The van der Waals surface area contributed by atoms with Crippen LogP contribution >= 0.6 is 12.4 Å². The number of fused-ring (bicyclic) bond motifs is 1. The largest absolute Gasteiger partial charge is 0.480 e. The van der Waals surface area contributed by atoms with Gasteiger partial charge in [-0.15, -0.1) is 12.4 Å². The van der Waals surface area contributed by atoms with E-state index in [1.165, 1.54) is 10.8 Å². The van der Waals surface area contributed by atoms with Crippen molar-refractivity contribution in [2.24, 2.45) is 0 Å². The summed E-state index contributed by atoms with van der Waals surface area (Å²) in [5, 5.41) is 14.4. The van der Waals surface area contributed by atoms with Gasteiger partial charge in [0.25, 0.3) is 0 Å². The number of carboxylic acids is 1. The molecule has 1 aliphatic rings. The number of hydrogen-bond acceptors (Lipinski definition) is 4. The number of benzene rings is 2. The van der Waals surface area contributed by atoms with Crippen LogP contribution in [0.15, 0.2) is 42.5 Å². The lowest BCUT2D eigenvalue weighted by Crippen LogP contribution is -2.47. The van der Waals surface area contributed by atoms with Crippen molar-refractivity contribution in [2.75, 3.05) is 33.2 Å². The van der Waals surface area contributed by atoms with Gasteiger partial charge in [-0.1, -0.05) is 42.5 Å². The molecule has 1 fully saturated rings. The Labute approximate surface area is 178 Å². The molecule has 6 nitrogen and oxygen atoms in total. The number of aliphatic carboxylic acids is 1. The quantitative estimate of drug-likeness (QED) is 0.721. The van der Waals surface area contributed by atoms with Gasteiger partial charge >= 0.3 is 5.97 Å². The topological polar surface area (TPSA) is 72.9 Å². The first-order valence-corrected chi connectivity index (χ1v) is 9.85. The van der Waals surface area contributed by atoms with Gasteiger partial charge in [-0.05, 0) is 43.1 Å². The van der Waals surface area contributed by atoms with Gasteiger partial charge in [0.1, 0.15) is 0 Å². The molecule has 29 heavy (non-hydrogen) atoms. The van der Waals surface area contributed by atoms with Gasteiger partial charge in [-0.25, -0.2) is 0 Å². The lowest BCUT2D eigenvalue weighted by molar-refractivity contribution is -0.138. The summed E-state index contributed by atoms with van der Waals surface area (Å²) >= 11 is 0. The molecule has 2 N–H and O–H groups in total. The van der Waals surface area contributed by atoms with E-state index in [-0.39, 0.29) is 36.9 Å². The van der Waals surface area contributed by atoms with Gasteiger partial charge in [0, 0.05) is 19.1 Å². The summed E-state index contributed by atoms with van der Waals surface area (Å²) in [7, 11) is 1.85. The average molecular weight is 420 g/mol. The minimum Gasteiger partial charge on any atom is -0.480 e. The van der Waals surface area contributed by atoms with E-state index in [4.69, 9.17) is 5.11 Å². The van der Waals surface area contributed by atoms with Crippen molar-refractivity contribution in [1.29, 1.82) is 0 Å². The van der Waals surface area contributed by atoms with Crippen molar-refractivity contribution >= 4 is 35.1 Å². The first-order valence-electron chi connectivity index (χ1n) is 9.85. The van der Waals surface area contributed by atoms with Crippen molar-refractivity contribution in [3.8, 4) is 0 Å². The fourth-order valence-electron chi connectivity index (χ4n) is 4.06. The van der Waals surface area contributed by atoms with Crippen LogP contribution in [0.2, 0.25) is 0 Å². The van der Waals surface area contributed by atoms with E-state index < -0.39 is 5.97 Å². The van der Waals surface area contributed by atoms with Crippen LogP contribution in [0.25, 0.3) is 10.8 Å². The van der Waals surface area contributed by atoms with Crippen LogP contribution in [0.4, 0.5) is 0 Å². The Bertz CT molecular complexity index is 832. The first-order chi connectivity index (χ1) is 13.4. The number of nitrogens with zero attached hydrogens (tertiary/aromatic N) is 2. The van der Waals surface area contributed by atoms with Crippen molar-refractivity contribution < 1.29 is 14.7 Å². The van der Waals surface area contributed by atoms with Crippen molar-refractivity contribution in [3.05, 3.63) is 48.0 Å². The summed E-state index contributed by atoms with van der Waals surface area (Å²) in [6.45, 7) is 4.08. The molecule has 7 heteroatoms. The maximum Gasteiger partial charge on any atom is 0.317 e. The molecule has 3 rings (SSSR count). The molecule has 1 saturated heterocycles. The van der Waals surface area contributed by atoms with Crippen LogP contribution < -0.4 is 5.32 Å². The molecule has 1 atom stereocenters. The molecule has 0 spiro atoms. The third kappa shape index (κ3) is 6.16. The van der Waals surface area contributed by atoms with Crippen LogP contribution in [0.3, 0.4) is 0 Å². The van der Waals surface area contributed by atoms with Crippen LogP contribution in [0.5, 0.6) is 0 Å². The Morgan fingerprint density at radius 2 is 1.83 bits per heavy atom. The van der Waals surface area contributed by atoms with E-state index in [0.717, 1.165) is 31.5 Å². The zero-order valence-corrected chi connectivity index (χ0v) is 17.8. The first kappa shape index (κ1) is 23.1. The second-order valence-corrected chi connectivity index (χ2v) is 7.67. The third-order valence-corrected chi connectivity index (χ3v) is 5.60. The number of carboxylic acid groups (broad SMARTS) is 1. The van der Waals surface area contributed by atoms with Gasteiger partial charge in [-0.2, -0.15) is 0 Å². The molecule has 2 aromatic rings. The van der Waals surface area contributed by atoms with E-state index in [9.17, 15) is 9.59 Å². The van der Waals surface area contributed by atoms with Crippen molar-refractivity contribution in [1.82, 2.24) is 15.1 Å². The van der Waals surface area contributed by atoms with E-state index in [1.807, 2.05) is 37.1 Å². The van der Waals surface area contributed by atoms with Gasteiger partial charge in [0.15, 0.2) is 0 Å². The predicted molar refractivity (Wildman–Crippen MR) is 117 cm³/mol. The molecule has 1 aliphatic heterocycles. The number of likely N-dealkylation sites (tertiary alicyclic amines) is 1. The van der Waals surface area contributed by atoms with Crippen LogP contribution in [0, 0.1) is 0 Å². The van der Waals surface area contributed by atoms with Crippen LogP contribution in [-0.4, -0.2) is 66.1 Å². The molecule has 0 saturated carbocycles. The number of hydrogen-bond donors (Lipinski definition) is 2. The van der Waals surface area contributed by atoms with Gasteiger partial charge in [-0.3, -0.25) is 19.4 Å².